The number of anilines is 2. The van der Waals surface area contributed by atoms with E-state index in [1.165, 1.54) is 17.8 Å². The Labute approximate surface area is 201 Å². The standard InChI is InChI=1S/C25H24N6O4/c1-17-15-30(16-21(32)27-18-9-5-3-6-10-18)22(35-17)14-13-20-23(28-25(34)26-2)29-31(24(20)33)19-11-7-4-8-12-19/h3-13,15,29H,16H2,1-2H3,(H,27,32)(H2,26,28,34). The highest BCUT2D eigenvalue weighted by molar-refractivity contribution is 5.92. The van der Waals surface area contributed by atoms with Crippen molar-refractivity contribution < 1.29 is 14.3 Å². The second-order valence-electron chi connectivity index (χ2n) is 7.56. The van der Waals surface area contributed by atoms with E-state index in [0.717, 1.165) is 0 Å². The number of hydrogen-bond donors (Lipinski definition) is 4. The van der Waals surface area contributed by atoms with Gasteiger partial charge in [-0.15, -0.1) is 0 Å². The van der Waals surface area contributed by atoms with Gasteiger partial charge in [0.25, 0.3) is 5.56 Å². The van der Waals surface area contributed by atoms with Crippen LogP contribution in [0, 0.1) is 0 Å². The molecule has 0 aliphatic carbocycles. The number of nitrogens with zero attached hydrogens (tertiary/aromatic N) is 2. The SMILES string of the molecule is CNC(=O)Nc1[nH]n(-c2ccccc2)c(=O)c1C=C=C1OC(C)=CN1CC(=O)Nc1ccccc1. The van der Waals surface area contributed by atoms with Crippen LogP contribution in [-0.2, 0) is 9.53 Å². The predicted molar refractivity (Wildman–Crippen MR) is 133 cm³/mol. The molecule has 10 heteroatoms. The van der Waals surface area contributed by atoms with E-state index in [0.29, 0.717) is 17.1 Å². The summed E-state index contributed by atoms with van der Waals surface area (Å²) in [6, 6.07) is 17.6. The number of ether oxygens (including phenoxy) is 1. The van der Waals surface area contributed by atoms with E-state index in [4.69, 9.17) is 4.74 Å². The van der Waals surface area contributed by atoms with Crippen molar-refractivity contribution in [1.29, 1.82) is 0 Å². The number of amides is 3. The Hall–Kier alpha value is -4.95. The summed E-state index contributed by atoms with van der Waals surface area (Å²) in [7, 11) is 1.47. The number of H-pyrrole nitrogens is 1. The molecule has 0 fully saturated rings. The molecule has 0 radical (unpaired) electrons. The third kappa shape index (κ3) is 5.52. The number of carbonyl (C=O) groups is 2. The molecular weight excluding hydrogens is 448 g/mol. The molecule has 0 saturated carbocycles. The zero-order valence-corrected chi connectivity index (χ0v) is 19.2. The van der Waals surface area contributed by atoms with Crippen molar-refractivity contribution in [3.63, 3.8) is 0 Å². The molecule has 3 amide bonds. The predicted octanol–water partition coefficient (Wildman–Crippen LogP) is 3.20. The molecule has 1 aliphatic rings. The molecule has 2 aromatic carbocycles. The van der Waals surface area contributed by atoms with Crippen molar-refractivity contribution in [2.75, 3.05) is 24.2 Å². The molecule has 4 N–H and O–H groups in total. The van der Waals surface area contributed by atoms with Crippen LogP contribution < -0.4 is 21.5 Å². The molecule has 0 bridgehead atoms. The number of benzene rings is 2. The summed E-state index contributed by atoms with van der Waals surface area (Å²) in [5.41, 5.74) is 3.98. The Morgan fingerprint density at radius 1 is 1.06 bits per heavy atom. The third-order valence-electron chi connectivity index (χ3n) is 4.97. The van der Waals surface area contributed by atoms with Crippen molar-refractivity contribution in [3.8, 4) is 5.69 Å². The number of urea groups is 1. The van der Waals surface area contributed by atoms with Gasteiger partial charge in [-0.3, -0.25) is 24.9 Å². The fraction of sp³-hybridized carbons (Fsp3) is 0.120. The summed E-state index contributed by atoms with van der Waals surface area (Å²) in [5.74, 6) is 0.735. The number of rotatable bonds is 6. The van der Waals surface area contributed by atoms with Gasteiger partial charge in [0.1, 0.15) is 18.1 Å². The van der Waals surface area contributed by atoms with Gasteiger partial charge in [0.15, 0.2) is 0 Å². The first-order valence-corrected chi connectivity index (χ1v) is 10.8. The molecule has 0 spiro atoms. The molecular formula is C25H24N6O4. The van der Waals surface area contributed by atoms with Crippen LogP contribution in [0.15, 0.2) is 89.0 Å². The number of aromatic nitrogens is 2. The average molecular weight is 473 g/mol. The summed E-state index contributed by atoms with van der Waals surface area (Å²) in [4.78, 5) is 39.2. The van der Waals surface area contributed by atoms with Crippen molar-refractivity contribution >= 4 is 29.5 Å². The van der Waals surface area contributed by atoms with E-state index in [1.807, 2.05) is 24.3 Å². The van der Waals surface area contributed by atoms with Gasteiger partial charge in [0, 0.05) is 25.0 Å². The fourth-order valence-corrected chi connectivity index (χ4v) is 3.37. The molecule has 0 saturated heterocycles. The van der Waals surface area contributed by atoms with Crippen LogP contribution in [0.5, 0.6) is 0 Å². The maximum Gasteiger partial charge on any atom is 0.320 e. The molecule has 10 nitrogen and oxygen atoms in total. The van der Waals surface area contributed by atoms with Gasteiger partial charge >= 0.3 is 6.03 Å². The lowest BCUT2D eigenvalue weighted by molar-refractivity contribution is -0.116. The van der Waals surface area contributed by atoms with Gasteiger partial charge in [-0.1, -0.05) is 42.1 Å². The molecule has 178 valence electrons. The molecule has 1 aliphatic heterocycles. The quantitative estimate of drug-likeness (QED) is 0.411. The largest absolute Gasteiger partial charge is 0.437 e. The smallest absolute Gasteiger partial charge is 0.320 e. The Morgan fingerprint density at radius 3 is 2.43 bits per heavy atom. The van der Waals surface area contributed by atoms with Crippen LogP contribution in [0.3, 0.4) is 0 Å². The molecule has 0 unspecified atom stereocenters. The highest BCUT2D eigenvalue weighted by Crippen LogP contribution is 2.21. The number of aromatic amines is 1. The fourth-order valence-electron chi connectivity index (χ4n) is 3.37. The van der Waals surface area contributed by atoms with Crippen molar-refractivity contribution in [3.05, 3.63) is 100 Å². The van der Waals surface area contributed by atoms with E-state index in [1.54, 1.807) is 54.4 Å². The number of hydrogen-bond acceptors (Lipinski definition) is 5. The lowest BCUT2D eigenvalue weighted by Crippen LogP contribution is -2.27. The first-order valence-electron chi connectivity index (χ1n) is 10.8. The summed E-state index contributed by atoms with van der Waals surface area (Å²) >= 11 is 0. The van der Waals surface area contributed by atoms with Crippen LogP contribution in [-0.4, -0.2) is 40.2 Å². The molecule has 35 heavy (non-hydrogen) atoms. The summed E-state index contributed by atoms with van der Waals surface area (Å²) < 4.78 is 7.00. The maximum atomic E-state index is 13.1. The lowest BCUT2D eigenvalue weighted by atomic mass is 10.3. The molecule has 3 aromatic rings. The van der Waals surface area contributed by atoms with E-state index < -0.39 is 11.6 Å². The number of carbonyl (C=O) groups excluding carboxylic acids is 2. The first kappa shape index (κ1) is 23.2. The average Bonchev–Trinajstić information content (AvgIpc) is 3.36. The van der Waals surface area contributed by atoms with Gasteiger partial charge in [-0.05, 0) is 31.2 Å². The summed E-state index contributed by atoms with van der Waals surface area (Å²) in [6.07, 6.45) is 3.08. The van der Waals surface area contributed by atoms with Crippen LogP contribution in [0.4, 0.5) is 16.3 Å². The number of para-hydroxylation sites is 2. The Balaban J connectivity index is 1.64. The molecule has 4 rings (SSSR count). The van der Waals surface area contributed by atoms with Gasteiger partial charge < -0.3 is 15.4 Å². The second-order valence-corrected chi connectivity index (χ2v) is 7.56. The molecule has 1 aromatic heterocycles. The third-order valence-corrected chi connectivity index (χ3v) is 4.97. The second kappa shape index (κ2) is 10.3. The highest BCUT2D eigenvalue weighted by Gasteiger charge is 2.21. The first-order chi connectivity index (χ1) is 16.9. The monoisotopic (exact) mass is 472 g/mol. The maximum absolute atomic E-state index is 13.1. The minimum absolute atomic E-state index is 0.0207. The van der Waals surface area contributed by atoms with Gasteiger partial charge in [-0.2, -0.15) is 0 Å². The van der Waals surface area contributed by atoms with E-state index in [9.17, 15) is 14.4 Å². The van der Waals surface area contributed by atoms with Gasteiger partial charge in [-0.25, -0.2) is 9.48 Å². The highest BCUT2D eigenvalue weighted by atomic mass is 16.5. The lowest BCUT2D eigenvalue weighted by Gasteiger charge is -2.14. The van der Waals surface area contributed by atoms with Crippen LogP contribution in [0.1, 0.15) is 12.5 Å². The van der Waals surface area contributed by atoms with Gasteiger partial charge in [0.2, 0.25) is 11.8 Å². The summed E-state index contributed by atoms with van der Waals surface area (Å²) in [5, 5.41) is 10.8. The minimum atomic E-state index is -0.498. The zero-order valence-electron chi connectivity index (χ0n) is 19.2. The Morgan fingerprint density at radius 2 is 1.74 bits per heavy atom. The Bertz CT molecular complexity index is 1380. The molecule has 2 heterocycles. The van der Waals surface area contributed by atoms with Crippen molar-refractivity contribution in [2.24, 2.45) is 0 Å². The van der Waals surface area contributed by atoms with Crippen LogP contribution in [0.25, 0.3) is 11.8 Å². The molecule has 0 atom stereocenters. The minimum Gasteiger partial charge on any atom is -0.437 e. The van der Waals surface area contributed by atoms with Crippen LogP contribution in [0.2, 0.25) is 0 Å². The van der Waals surface area contributed by atoms with E-state index >= 15 is 0 Å². The van der Waals surface area contributed by atoms with Crippen molar-refractivity contribution in [2.45, 2.75) is 6.92 Å². The normalized spacial score (nSPS) is 12.3. The van der Waals surface area contributed by atoms with E-state index in [-0.39, 0.29) is 29.7 Å². The number of nitrogens with one attached hydrogen (secondary N) is 4. The number of allylic oxidation sites excluding steroid dienone is 1. The van der Waals surface area contributed by atoms with E-state index in [2.05, 4.69) is 26.8 Å². The van der Waals surface area contributed by atoms with Crippen molar-refractivity contribution in [1.82, 2.24) is 20.0 Å². The zero-order chi connectivity index (χ0) is 24.8. The Kier molecular flexibility index (Phi) is 6.85. The van der Waals surface area contributed by atoms with Gasteiger partial charge in [0.05, 0.1) is 11.3 Å². The topological polar surface area (TPSA) is 120 Å². The summed E-state index contributed by atoms with van der Waals surface area (Å²) in [6.45, 7) is 1.72. The van der Waals surface area contributed by atoms with Crippen LogP contribution >= 0.6 is 0 Å².